The second-order valence-corrected chi connectivity index (χ2v) is 5.57. The Bertz CT molecular complexity index is 216. The highest BCUT2D eigenvalue weighted by Crippen LogP contribution is 2.51. The molecular weight excluding hydrogens is 234 g/mol. The first-order chi connectivity index (χ1) is 6.11. The number of likely N-dealkylation sites (tertiary alicyclic amines) is 1. The van der Waals surface area contributed by atoms with E-state index >= 15 is 0 Å². The average molecular weight is 248 g/mol. The summed E-state index contributed by atoms with van der Waals surface area (Å²) >= 11 is 3.58. The predicted octanol–water partition coefficient (Wildman–Crippen LogP) is 2.30. The maximum atomic E-state index is 10.7. The predicted molar refractivity (Wildman–Crippen MR) is 53.2 cm³/mol. The lowest BCUT2D eigenvalue weighted by Crippen LogP contribution is -2.48. The summed E-state index contributed by atoms with van der Waals surface area (Å²) in [6, 6.07) is 0. The quantitative estimate of drug-likeness (QED) is 0.668. The molecule has 0 radical (unpaired) electrons. The fourth-order valence-electron chi connectivity index (χ4n) is 2.46. The van der Waals surface area contributed by atoms with E-state index in [1.54, 1.807) is 0 Å². The van der Waals surface area contributed by atoms with Crippen molar-refractivity contribution in [3.63, 3.8) is 0 Å². The van der Waals surface area contributed by atoms with Crippen molar-refractivity contribution in [2.45, 2.75) is 30.5 Å². The Morgan fingerprint density at radius 2 is 1.92 bits per heavy atom. The maximum Gasteiger partial charge on any atom is 0.407 e. The minimum absolute atomic E-state index is 0.486. The molecule has 0 bridgehead atoms. The van der Waals surface area contributed by atoms with E-state index in [0.717, 1.165) is 25.9 Å². The number of hydrogen-bond acceptors (Lipinski definition) is 1. The molecule has 0 aromatic carbocycles. The van der Waals surface area contributed by atoms with E-state index in [4.69, 9.17) is 5.11 Å². The van der Waals surface area contributed by atoms with E-state index in [-0.39, 0.29) is 0 Å². The highest BCUT2D eigenvalue weighted by atomic mass is 79.9. The highest BCUT2D eigenvalue weighted by Gasteiger charge is 2.45. The van der Waals surface area contributed by atoms with Crippen LogP contribution in [0, 0.1) is 5.41 Å². The van der Waals surface area contributed by atoms with E-state index < -0.39 is 6.09 Å². The van der Waals surface area contributed by atoms with Gasteiger partial charge in [0, 0.05) is 17.9 Å². The topological polar surface area (TPSA) is 40.5 Å². The van der Waals surface area contributed by atoms with E-state index in [1.807, 2.05) is 0 Å². The smallest absolute Gasteiger partial charge is 0.407 e. The minimum Gasteiger partial charge on any atom is -0.465 e. The molecule has 0 unspecified atom stereocenters. The molecule has 1 saturated heterocycles. The summed E-state index contributed by atoms with van der Waals surface area (Å²) in [6.07, 6.45) is 3.83. The summed E-state index contributed by atoms with van der Waals surface area (Å²) in [5, 5.41) is 8.77. The minimum atomic E-state index is -0.760. The van der Waals surface area contributed by atoms with Gasteiger partial charge in [0.15, 0.2) is 0 Å². The van der Waals surface area contributed by atoms with Crippen LogP contribution in [0.5, 0.6) is 0 Å². The van der Waals surface area contributed by atoms with Crippen molar-refractivity contribution in [1.82, 2.24) is 4.90 Å². The highest BCUT2D eigenvalue weighted by molar-refractivity contribution is 9.09. The summed E-state index contributed by atoms with van der Waals surface area (Å²) in [7, 11) is 0. The van der Waals surface area contributed by atoms with Crippen molar-refractivity contribution in [3.05, 3.63) is 0 Å². The number of piperidine rings is 1. The summed E-state index contributed by atoms with van der Waals surface area (Å²) in [5.74, 6) is 0. The largest absolute Gasteiger partial charge is 0.465 e. The van der Waals surface area contributed by atoms with Crippen molar-refractivity contribution in [2.24, 2.45) is 5.41 Å². The molecule has 1 amide bonds. The molecule has 2 fully saturated rings. The van der Waals surface area contributed by atoms with Crippen LogP contribution in [0.1, 0.15) is 25.7 Å². The normalized spacial score (nSPS) is 27.3. The first-order valence-corrected chi connectivity index (χ1v) is 5.65. The zero-order valence-electron chi connectivity index (χ0n) is 7.50. The van der Waals surface area contributed by atoms with Crippen LogP contribution in [-0.2, 0) is 0 Å². The third-order valence-electron chi connectivity index (χ3n) is 3.40. The van der Waals surface area contributed by atoms with Crippen molar-refractivity contribution >= 4 is 22.0 Å². The van der Waals surface area contributed by atoms with Crippen molar-refractivity contribution in [2.75, 3.05) is 13.1 Å². The summed E-state index contributed by atoms with van der Waals surface area (Å²) in [6.45, 7) is 1.46. The van der Waals surface area contributed by atoms with Crippen LogP contribution in [0.15, 0.2) is 0 Å². The first-order valence-electron chi connectivity index (χ1n) is 4.73. The van der Waals surface area contributed by atoms with Gasteiger partial charge >= 0.3 is 6.09 Å². The standard InChI is InChI=1S/C9H14BrNO2/c10-7-5-9(6-7)1-3-11(4-2-9)8(12)13/h7H,1-6H2,(H,12,13). The molecule has 0 aromatic rings. The van der Waals surface area contributed by atoms with E-state index in [1.165, 1.54) is 17.7 Å². The van der Waals surface area contributed by atoms with E-state index in [0.29, 0.717) is 10.2 Å². The number of amides is 1. The summed E-state index contributed by atoms with van der Waals surface area (Å²) < 4.78 is 0. The fraction of sp³-hybridized carbons (Fsp3) is 0.889. The number of nitrogens with zero attached hydrogens (tertiary/aromatic N) is 1. The lowest BCUT2D eigenvalue weighted by atomic mass is 9.63. The van der Waals surface area contributed by atoms with Gasteiger partial charge in [-0.25, -0.2) is 4.79 Å². The molecule has 1 spiro atoms. The summed E-state index contributed by atoms with van der Waals surface area (Å²) in [5.41, 5.74) is 0.486. The van der Waals surface area contributed by atoms with E-state index in [2.05, 4.69) is 15.9 Å². The second-order valence-electron chi connectivity index (χ2n) is 4.28. The van der Waals surface area contributed by atoms with Gasteiger partial charge in [-0.1, -0.05) is 15.9 Å². The molecule has 0 atom stereocenters. The Labute approximate surface area is 86.2 Å². The molecule has 4 heteroatoms. The molecule has 1 N–H and O–H groups in total. The van der Waals surface area contributed by atoms with Crippen LogP contribution in [0.4, 0.5) is 4.79 Å². The molecule has 1 saturated carbocycles. The number of halogens is 1. The Balaban J connectivity index is 1.86. The molecule has 1 heterocycles. The number of alkyl halides is 1. The van der Waals surface area contributed by atoms with Crippen molar-refractivity contribution in [1.29, 1.82) is 0 Å². The SMILES string of the molecule is O=C(O)N1CCC2(CC1)CC(Br)C2. The van der Waals surface area contributed by atoms with Gasteiger partial charge in [-0.3, -0.25) is 0 Å². The Morgan fingerprint density at radius 3 is 2.31 bits per heavy atom. The fourth-order valence-corrected chi connectivity index (χ4v) is 3.83. The molecule has 1 aliphatic carbocycles. The molecule has 1 aliphatic heterocycles. The number of hydrogen-bond donors (Lipinski definition) is 1. The first kappa shape index (κ1) is 9.31. The summed E-state index contributed by atoms with van der Waals surface area (Å²) in [4.78, 5) is 12.9. The number of carboxylic acid groups (broad SMARTS) is 1. The average Bonchev–Trinajstić information content (AvgIpc) is 2.03. The van der Waals surface area contributed by atoms with Gasteiger partial charge in [0.2, 0.25) is 0 Å². The van der Waals surface area contributed by atoms with Gasteiger partial charge < -0.3 is 10.0 Å². The van der Waals surface area contributed by atoms with Gasteiger partial charge in [-0.15, -0.1) is 0 Å². The third-order valence-corrected chi connectivity index (χ3v) is 4.05. The lowest BCUT2D eigenvalue weighted by molar-refractivity contribution is 0.0416. The van der Waals surface area contributed by atoms with Gasteiger partial charge in [-0.05, 0) is 31.1 Å². The van der Waals surface area contributed by atoms with Crippen LogP contribution in [0.3, 0.4) is 0 Å². The Morgan fingerprint density at radius 1 is 1.38 bits per heavy atom. The lowest BCUT2D eigenvalue weighted by Gasteiger charge is -2.50. The van der Waals surface area contributed by atoms with Crippen LogP contribution in [-0.4, -0.2) is 34.0 Å². The van der Waals surface area contributed by atoms with Crippen LogP contribution in [0.25, 0.3) is 0 Å². The molecule has 13 heavy (non-hydrogen) atoms. The zero-order chi connectivity index (χ0) is 9.47. The van der Waals surface area contributed by atoms with Crippen molar-refractivity contribution in [3.8, 4) is 0 Å². The zero-order valence-corrected chi connectivity index (χ0v) is 9.09. The molecule has 2 aliphatic rings. The second kappa shape index (κ2) is 3.15. The Kier molecular flexibility index (Phi) is 2.26. The molecule has 74 valence electrons. The molecule has 0 aromatic heterocycles. The van der Waals surface area contributed by atoms with Crippen molar-refractivity contribution < 1.29 is 9.90 Å². The van der Waals surface area contributed by atoms with Gasteiger partial charge in [-0.2, -0.15) is 0 Å². The van der Waals surface area contributed by atoms with Crippen LogP contribution in [0.2, 0.25) is 0 Å². The molecule has 3 nitrogen and oxygen atoms in total. The number of carbonyl (C=O) groups is 1. The van der Waals surface area contributed by atoms with Gasteiger partial charge in [0.05, 0.1) is 0 Å². The molecular formula is C9H14BrNO2. The van der Waals surface area contributed by atoms with Crippen LogP contribution >= 0.6 is 15.9 Å². The number of rotatable bonds is 0. The van der Waals surface area contributed by atoms with Gasteiger partial charge in [0.25, 0.3) is 0 Å². The Hall–Kier alpha value is -0.250. The third kappa shape index (κ3) is 1.68. The maximum absolute atomic E-state index is 10.7. The van der Waals surface area contributed by atoms with E-state index in [9.17, 15) is 4.79 Å². The monoisotopic (exact) mass is 247 g/mol. The van der Waals surface area contributed by atoms with Crippen LogP contribution < -0.4 is 0 Å². The molecule has 2 rings (SSSR count). The van der Waals surface area contributed by atoms with Gasteiger partial charge in [0.1, 0.15) is 0 Å².